The average Bonchev–Trinajstić information content (AvgIpc) is 3.15. The molecule has 1 aliphatic rings. The first kappa shape index (κ1) is 12.7. The van der Waals surface area contributed by atoms with Crippen LogP contribution in [0, 0.1) is 5.92 Å². The molecule has 0 unspecified atom stereocenters. The third kappa shape index (κ3) is 2.81. The molecule has 1 aliphatic carbocycles. The Balaban J connectivity index is 1.87. The van der Waals surface area contributed by atoms with Crippen molar-refractivity contribution in [1.82, 2.24) is 9.97 Å². The lowest BCUT2D eigenvalue weighted by Gasteiger charge is -2.07. The number of aromatic nitrogens is 2. The van der Waals surface area contributed by atoms with E-state index in [-0.39, 0.29) is 0 Å². The number of hydrogen-bond acceptors (Lipinski definition) is 5. The molecule has 0 radical (unpaired) electrons. The Bertz CT molecular complexity index is 577. The van der Waals surface area contributed by atoms with Gasteiger partial charge in [-0.2, -0.15) is 4.98 Å². The van der Waals surface area contributed by atoms with Crippen LogP contribution in [-0.4, -0.2) is 23.6 Å². The average molecular weight is 277 g/mol. The molecule has 0 amide bonds. The second kappa shape index (κ2) is 5.33. The third-order valence-corrected chi connectivity index (χ3v) is 4.62. The van der Waals surface area contributed by atoms with E-state index in [2.05, 4.69) is 28.3 Å². The second-order valence-corrected chi connectivity index (χ2v) is 6.08. The molecule has 0 bridgehead atoms. The standard InChI is InChI=1S/C14H19N3OS/c1-3-10-8-11-12(18-7-6-9-4-5-9)16-14(15-2)17-13(11)19-10/h8-9H,3-7H2,1-2H3,(H,15,16,17). The maximum Gasteiger partial charge on any atom is 0.227 e. The number of fused-ring (bicyclic) bond motifs is 1. The van der Waals surface area contributed by atoms with Crippen molar-refractivity contribution in [3.8, 4) is 5.88 Å². The first-order valence-electron chi connectivity index (χ1n) is 6.91. The monoisotopic (exact) mass is 277 g/mol. The summed E-state index contributed by atoms with van der Waals surface area (Å²) in [5.74, 6) is 2.25. The first-order valence-corrected chi connectivity index (χ1v) is 7.72. The van der Waals surface area contributed by atoms with E-state index in [1.165, 1.54) is 17.7 Å². The quantitative estimate of drug-likeness (QED) is 0.878. The van der Waals surface area contributed by atoms with E-state index >= 15 is 0 Å². The molecule has 4 nitrogen and oxygen atoms in total. The summed E-state index contributed by atoms with van der Waals surface area (Å²) >= 11 is 1.72. The smallest absolute Gasteiger partial charge is 0.227 e. The van der Waals surface area contributed by atoms with E-state index in [0.29, 0.717) is 5.95 Å². The van der Waals surface area contributed by atoms with Crippen molar-refractivity contribution in [3.05, 3.63) is 10.9 Å². The maximum atomic E-state index is 5.89. The molecule has 2 aromatic heterocycles. The van der Waals surface area contributed by atoms with Gasteiger partial charge in [0.05, 0.1) is 12.0 Å². The maximum absolute atomic E-state index is 5.89. The van der Waals surface area contributed by atoms with Gasteiger partial charge < -0.3 is 10.1 Å². The predicted molar refractivity (Wildman–Crippen MR) is 79.2 cm³/mol. The molecule has 0 aliphatic heterocycles. The summed E-state index contributed by atoms with van der Waals surface area (Å²) in [6, 6.07) is 2.16. The largest absolute Gasteiger partial charge is 0.477 e. The van der Waals surface area contributed by atoms with Crippen LogP contribution in [0.4, 0.5) is 5.95 Å². The molecule has 5 heteroatoms. The molecule has 1 N–H and O–H groups in total. The normalized spacial score (nSPS) is 14.8. The zero-order valence-corrected chi connectivity index (χ0v) is 12.2. The van der Waals surface area contributed by atoms with Crippen molar-refractivity contribution in [2.24, 2.45) is 5.92 Å². The summed E-state index contributed by atoms with van der Waals surface area (Å²) in [4.78, 5) is 11.3. The Morgan fingerprint density at radius 3 is 2.95 bits per heavy atom. The third-order valence-electron chi connectivity index (χ3n) is 3.44. The van der Waals surface area contributed by atoms with Crippen molar-refractivity contribution < 1.29 is 4.74 Å². The van der Waals surface area contributed by atoms with E-state index in [1.807, 2.05) is 7.05 Å². The van der Waals surface area contributed by atoms with Gasteiger partial charge in [-0.15, -0.1) is 11.3 Å². The first-order chi connectivity index (χ1) is 9.30. The summed E-state index contributed by atoms with van der Waals surface area (Å²) in [5.41, 5.74) is 0. The fraction of sp³-hybridized carbons (Fsp3) is 0.571. The van der Waals surface area contributed by atoms with Crippen molar-refractivity contribution in [2.75, 3.05) is 19.0 Å². The predicted octanol–water partition coefficient (Wildman–Crippen LogP) is 3.47. The van der Waals surface area contributed by atoms with E-state index in [1.54, 1.807) is 11.3 Å². The minimum atomic E-state index is 0.637. The Labute approximate surface area is 117 Å². The van der Waals surface area contributed by atoms with Crippen LogP contribution >= 0.6 is 11.3 Å². The van der Waals surface area contributed by atoms with Gasteiger partial charge in [-0.05, 0) is 24.8 Å². The van der Waals surface area contributed by atoms with Crippen LogP contribution in [0.1, 0.15) is 31.1 Å². The van der Waals surface area contributed by atoms with Gasteiger partial charge in [-0.1, -0.05) is 19.8 Å². The zero-order chi connectivity index (χ0) is 13.2. The van der Waals surface area contributed by atoms with Crippen LogP contribution in [0.25, 0.3) is 10.2 Å². The Hall–Kier alpha value is -1.36. The molecule has 0 saturated heterocycles. The number of aryl methyl sites for hydroxylation is 1. The van der Waals surface area contributed by atoms with Crippen LogP contribution < -0.4 is 10.1 Å². The molecule has 3 rings (SSSR count). The molecule has 0 atom stereocenters. The molecular formula is C14H19N3OS. The molecule has 19 heavy (non-hydrogen) atoms. The molecular weight excluding hydrogens is 258 g/mol. The minimum absolute atomic E-state index is 0.637. The lowest BCUT2D eigenvalue weighted by Crippen LogP contribution is -2.03. The van der Waals surface area contributed by atoms with Crippen LogP contribution in [0.3, 0.4) is 0 Å². The fourth-order valence-electron chi connectivity index (χ4n) is 2.07. The van der Waals surface area contributed by atoms with Crippen molar-refractivity contribution in [1.29, 1.82) is 0 Å². The highest BCUT2D eigenvalue weighted by molar-refractivity contribution is 7.18. The number of hydrogen-bond donors (Lipinski definition) is 1. The topological polar surface area (TPSA) is 47.0 Å². The number of rotatable bonds is 6. The highest BCUT2D eigenvalue weighted by Crippen LogP contribution is 2.34. The summed E-state index contributed by atoms with van der Waals surface area (Å²) in [7, 11) is 1.84. The Morgan fingerprint density at radius 2 is 2.26 bits per heavy atom. The summed E-state index contributed by atoms with van der Waals surface area (Å²) < 4.78 is 5.89. The highest BCUT2D eigenvalue weighted by atomic mass is 32.1. The summed E-state index contributed by atoms with van der Waals surface area (Å²) in [6.07, 6.45) is 4.90. The van der Waals surface area contributed by atoms with E-state index < -0.39 is 0 Å². The van der Waals surface area contributed by atoms with Gasteiger partial charge in [0.2, 0.25) is 11.8 Å². The number of nitrogens with one attached hydrogen (secondary N) is 1. The lowest BCUT2D eigenvalue weighted by atomic mass is 10.3. The number of thiophene rings is 1. The molecule has 0 aromatic carbocycles. The number of ether oxygens (including phenoxy) is 1. The van der Waals surface area contributed by atoms with Crippen LogP contribution in [0.5, 0.6) is 5.88 Å². The van der Waals surface area contributed by atoms with Crippen LogP contribution in [0.2, 0.25) is 0 Å². The van der Waals surface area contributed by atoms with E-state index in [0.717, 1.165) is 41.5 Å². The minimum Gasteiger partial charge on any atom is -0.477 e. The summed E-state index contributed by atoms with van der Waals surface area (Å²) in [5, 5.41) is 4.06. The van der Waals surface area contributed by atoms with Gasteiger partial charge in [0, 0.05) is 11.9 Å². The van der Waals surface area contributed by atoms with Gasteiger partial charge in [0.25, 0.3) is 0 Å². The number of nitrogens with zero attached hydrogens (tertiary/aromatic N) is 2. The molecule has 2 aromatic rings. The second-order valence-electron chi connectivity index (χ2n) is 4.97. The highest BCUT2D eigenvalue weighted by Gasteiger charge is 2.21. The Morgan fingerprint density at radius 1 is 1.42 bits per heavy atom. The zero-order valence-electron chi connectivity index (χ0n) is 11.4. The molecule has 2 heterocycles. The van der Waals surface area contributed by atoms with Gasteiger partial charge >= 0.3 is 0 Å². The van der Waals surface area contributed by atoms with Crippen LogP contribution in [-0.2, 0) is 6.42 Å². The van der Waals surface area contributed by atoms with Crippen LogP contribution in [0.15, 0.2) is 6.07 Å². The van der Waals surface area contributed by atoms with Gasteiger partial charge in [-0.3, -0.25) is 0 Å². The fourth-order valence-corrected chi connectivity index (χ4v) is 3.03. The number of anilines is 1. The van der Waals surface area contributed by atoms with E-state index in [4.69, 9.17) is 4.74 Å². The van der Waals surface area contributed by atoms with Crippen molar-refractivity contribution in [3.63, 3.8) is 0 Å². The summed E-state index contributed by atoms with van der Waals surface area (Å²) in [6.45, 7) is 2.92. The van der Waals surface area contributed by atoms with Gasteiger partial charge in [0.1, 0.15) is 4.83 Å². The lowest BCUT2D eigenvalue weighted by molar-refractivity contribution is 0.295. The van der Waals surface area contributed by atoms with Gasteiger partial charge in [0.15, 0.2) is 0 Å². The Kier molecular flexibility index (Phi) is 3.55. The molecule has 1 saturated carbocycles. The van der Waals surface area contributed by atoms with E-state index in [9.17, 15) is 0 Å². The van der Waals surface area contributed by atoms with Crippen molar-refractivity contribution in [2.45, 2.75) is 32.6 Å². The molecule has 102 valence electrons. The SMILES string of the molecule is CCc1cc2c(OCCC3CC3)nc(NC)nc2s1. The molecule has 0 spiro atoms. The molecule has 1 fully saturated rings. The van der Waals surface area contributed by atoms with Gasteiger partial charge in [-0.25, -0.2) is 4.98 Å². The van der Waals surface area contributed by atoms with Crippen molar-refractivity contribution >= 4 is 27.5 Å².